The van der Waals surface area contributed by atoms with Gasteiger partial charge in [0.05, 0.1) is 0 Å². The van der Waals surface area contributed by atoms with Crippen molar-refractivity contribution in [2.45, 2.75) is 33.1 Å². The maximum Gasteiger partial charge on any atom is 0.230 e. The van der Waals surface area contributed by atoms with Crippen LogP contribution < -0.4 is 5.32 Å². The Balaban J connectivity index is 2.77. The van der Waals surface area contributed by atoms with E-state index in [1.165, 1.54) is 0 Å². The second-order valence-corrected chi connectivity index (χ2v) is 4.79. The van der Waals surface area contributed by atoms with Crippen molar-refractivity contribution < 1.29 is 4.79 Å². The molecule has 0 aliphatic rings. The Morgan fingerprint density at radius 2 is 2.12 bits per heavy atom. The van der Waals surface area contributed by atoms with E-state index in [1.54, 1.807) is 0 Å². The van der Waals surface area contributed by atoms with Crippen molar-refractivity contribution in [2.24, 2.45) is 5.41 Å². The van der Waals surface area contributed by atoms with Crippen molar-refractivity contribution in [1.29, 1.82) is 0 Å². The zero-order valence-corrected chi connectivity index (χ0v) is 10.8. The van der Waals surface area contributed by atoms with Gasteiger partial charge in [-0.3, -0.25) is 4.79 Å². The average Bonchev–Trinajstić information content (AvgIpc) is 2.29. The first-order valence-electron chi connectivity index (χ1n) is 5.46. The van der Waals surface area contributed by atoms with Crippen LogP contribution in [0.15, 0.2) is 24.3 Å². The maximum atomic E-state index is 11.9. The highest BCUT2D eigenvalue weighted by Crippen LogP contribution is 2.22. The number of hydrogen-bond donors (Lipinski definition) is 1. The van der Waals surface area contributed by atoms with Gasteiger partial charge in [0.2, 0.25) is 5.91 Å². The van der Waals surface area contributed by atoms with Gasteiger partial charge in [-0.15, -0.1) is 11.6 Å². The number of rotatable bonds is 4. The fraction of sp³-hybridized carbons (Fsp3) is 0.462. The lowest BCUT2D eigenvalue weighted by atomic mass is 9.89. The summed E-state index contributed by atoms with van der Waals surface area (Å²) in [6.45, 7) is 5.89. The van der Waals surface area contributed by atoms with E-state index in [4.69, 9.17) is 11.6 Å². The molecule has 1 aromatic rings. The number of halogens is 1. The fourth-order valence-corrected chi connectivity index (χ4v) is 1.36. The number of benzene rings is 1. The Morgan fingerprint density at radius 3 is 2.69 bits per heavy atom. The molecule has 3 heteroatoms. The minimum Gasteiger partial charge on any atom is -0.326 e. The summed E-state index contributed by atoms with van der Waals surface area (Å²) in [5, 5.41) is 2.91. The molecule has 0 heterocycles. The van der Waals surface area contributed by atoms with Crippen LogP contribution in [0, 0.1) is 5.41 Å². The highest BCUT2D eigenvalue weighted by molar-refractivity contribution is 6.17. The van der Waals surface area contributed by atoms with Crippen molar-refractivity contribution in [3.05, 3.63) is 29.8 Å². The molecule has 1 rings (SSSR count). The highest BCUT2D eigenvalue weighted by atomic mass is 35.5. The molecule has 1 amide bonds. The minimum atomic E-state index is -0.336. The Labute approximate surface area is 102 Å². The number of alkyl halides is 1. The monoisotopic (exact) mass is 239 g/mol. The van der Waals surface area contributed by atoms with E-state index in [9.17, 15) is 4.79 Å². The summed E-state index contributed by atoms with van der Waals surface area (Å²) in [5.74, 6) is 0.502. The maximum absolute atomic E-state index is 11.9. The quantitative estimate of drug-likeness (QED) is 0.796. The number of nitrogens with one attached hydrogen (secondary N) is 1. The molecule has 0 aromatic heterocycles. The molecule has 16 heavy (non-hydrogen) atoms. The molecule has 0 fully saturated rings. The van der Waals surface area contributed by atoms with Gasteiger partial charge in [-0.05, 0) is 24.1 Å². The zero-order valence-electron chi connectivity index (χ0n) is 10.0. The van der Waals surface area contributed by atoms with Crippen LogP contribution in [-0.4, -0.2) is 5.91 Å². The molecule has 0 saturated carbocycles. The molecule has 1 N–H and O–H groups in total. The van der Waals surface area contributed by atoms with E-state index in [2.05, 4.69) is 5.32 Å². The van der Waals surface area contributed by atoms with E-state index in [-0.39, 0.29) is 11.3 Å². The lowest BCUT2D eigenvalue weighted by Gasteiger charge is -2.21. The van der Waals surface area contributed by atoms with Crippen molar-refractivity contribution in [2.75, 3.05) is 5.32 Å². The van der Waals surface area contributed by atoms with Gasteiger partial charge in [0, 0.05) is 17.0 Å². The van der Waals surface area contributed by atoms with Crippen molar-refractivity contribution in [3.8, 4) is 0 Å². The lowest BCUT2D eigenvalue weighted by Crippen LogP contribution is -2.29. The molecular formula is C13H18ClNO. The smallest absolute Gasteiger partial charge is 0.230 e. The predicted molar refractivity (Wildman–Crippen MR) is 68.7 cm³/mol. The third-order valence-electron chi connectivity index (χ3n) is 2.84. The molecule has 0 saturated heterocycles. The molecule has 0 spiro atoms. The molecule has 0 unspecified atom stereocenters. The van der Waals surface area contributed by atoms with Crippen LogP contribution in [0.5, 0.6) is 0 Å². The van der Waals surface area contributed by atoms with Crippen LogP contribution in [0.3, 0.4) is 0 Å². The van der Waals surface area contributed by atoms with E-state index in [0.29, 0.717) is 5.88 Å². The molecule has 0 aliphatic heterocycles. The third kappa shape index (κ3) is 3.24. The van der Waals surface area contributed by atoms with Gasteiger partial charge < -0.3 is 5.32 Å². The van der Waals surface area contributed by atoms with Crippen molar-refractivity contribution >= 4 is 23.2 Å². The second-order valence-electron chi connectivity index (χ2n) is 4.53. The zero-order chi connectivity index (χ0) is 12.2. The van der Waals surface area contributed by atoms with E-state index in [1.807, 2.05) is 45.0 Å². The first-order valence-corrected chi connectivity index (χ1v) is 5.99. The number of hydrogen-bond acceptors (Lipinski definition) is 1. The predicted octanol–water partition coefficient (Wildman–Crippen LogP) is 3.80. The Hall–Kier alpha value is -1.02. The van der Waals surface area contributed by atoms with E-state index in [0.717, 1.165) is 17.7 Å². The van der Waals surface area contributed by atoms with Crippen LogP contribution in [0.2, 0.25) is 0 Å². The van der Waals surface area contributed by atoms with Gasteiger partial charge in [-0.1, -0.05) is 32.9 Å². The number of carbonyl (C=O) groups excluding carboxylic acids is 1. The summed E-state index contributed by atoms with van der Waals surface area (Å²) in [6, 6.07) is 7.61. The van der Waals surface area contributed by atoms with E-state index < -0.39 is 0 Å². The van der Waals surface area contributed by atoms with Gasteiger partial charge in [0.25, 0.3) is 0 Å². The summed E-state index contributed by atoms with van der Waals surface area (Å²) in [6.07, 6.45) is 0.814. The largest absolute Gasteiger partial charge is 0.326 e. The molecule has 1 aromatic carbocycles. The summed E-state index contributed by atoms with van der Waals surface area (Å²) in [7, 11) is 0. The van der Waals surface area contributed by atoms with Gasteiger partial charge in [-0.2, -0.15) is 0 Å². The second kappa shape index (κ2) is 5.35. The summed E-state index contributed by atoms with van der Waals surface area (Å²) >= 11 is 5.74. The van der Waals surface area contributed by atoms with Crippen molar-refractivity contribution in [3.63, 3.8) is 0 Å². The van der Waals surface area contributed by atoms with Crippen LogP contribution in [0.4, 0.5) is 5.69 Å². The van der Waals surface area contributed by atoms with Gasteiger partial charge in [0.15, 0.2) is 0 Å². The number of amides is 1. The summed E-state index contributed by atoms with van der Waals surface area (Å²) in [4.78, 5) is 11.9. The first-order chi connectivity index (χ1) is 7.49. The van der Waals surface area contributed by atoms with E-state index >= 15 is 0 Å². The fourth-order valence-electron chi connectivity index (χ4n) is 1.19. The van der Waals surface area contributed by atoms with Crippen LogP contribution in [0.25, 0.3) is 0 Å². The van der Waals surface area contributed by atoms with Gasteiger partial charge >= 0.3 is 0 Å². The standard InChI is InChI=1S/C13H18ClNO/c1-4-13(2,3)12(16)15-11-7-5-6-10(8-11)9-14/h5-8H,4,9H2,1-3H3,(H,15,16). The molecule has 2 nitrogen and oxygen atoms in total. The summed E-state index contributed by atoms with van der Waals surface area (Å²) < 4.78 is 0. The molecule has 0 bridgehead atoms. The Bertz CT molecular complexity index is 374. The van der Waals surface area contributed by atoms with Crippen LogP contribution in [0.1, 0.15) is 32.8 Å². The molecule has 0 atom stereocenters. The SMILES string of the molecule is CCC(C)(C)C(=O)Nc1cccc(CCl)c1. The normalized spacial score (nSPS) is 11.2. The third-order valence-corrected chi connectivity index (χ3v) is 3.15. The van der Waals surface area contributed by atoms with Gasteiger partial charge in [-0.25, -0.2) is 0 Å². The topological polar surface area (TPSA) is 29.1 Å². The van der Waals surface area contributed by atoms with Gasteiger partial charge in [0.1, 0.15) is 0 Å². The van der Waals surface area contributed by atoms with Crippen molar-refractivity contribution in [1.82, 2.24) is 0 Å². The number of anilines is 1. The first kappa shape index (κ1) is 13.0. The van der Waals surface area contributed by atoms with Crippen LogP contribution >= 0.6 is 11.6 Å². The summed E-state index contributed by atoms with van der Waals surface area (Å²) in [5.41, 5.74) is 1.48. The molecular weight excluding hydrogens is 222 g/mol. The molecule has 88 valence electrons. The molecule has 0 radical (unpaired) electrons. The van der Waals surface area contributed by atoms with Crippen LogP contribution in [-0.2, 0) is 10.7 Å². The highest BCUT2D eigenvalue weighted by Gasteiger charge is 2.25. The Morgan fingerprint density at radius 1 is 1.44 bits per heavy atom. The minimum absolute atomic E-state index is 0.0433. The lowest BCUT2D eigenvalue weighted by molar-refractivity contribution is -0.124. The molecule has 0 aliphatic carbocycles. The number of carbonyl (C=O) groups is 1. The Kier molecular flexibility index (Phi) is 4.36. The average molecular weight is 240 g/mol.